The van der Waals surface area contributed by atoms with Gasteiger partial charge in [-0.05, 0) is 23.2 Å². The van der Waals surface area contributed by atoms with Crippen molar-refractivity contribution in [3.63, 3.8) is 0 Å². The van der Waals surface area contributed by atoms with Crippen molar-refractivity contribution >= 4 is 36.8 Å². The van der Waals surface area contributed by atoms with Gasteiger partial charge in [0.05, 0.1) is 0 Å². The number of nitrogens with zero attached hydrogens (tertiary/aromatic N) is 1. The normalized spacial score (nSPS) is 16.9. The Kier molecular flexibility index (Phi) is 5.22. The summed E-state index contributed by atoms with van der Waals surface area (Å²) >= 11 is 11.2. The maximum Gasteiger partial charge on any atom is 0.379 e. The molecule has 1 unspecified atom stereocenters. The Morgan fingerprint density at radius 1 is 1.50 bits per heavy atom. The summed E-state index contributed by atoms with van der Waals surface area (Å²) in [4.78, 5) is 27.9. The lowest BCUT2D eigenvalue weighted by Crippen LogP contribution is -2.57. The van der Waals surface area contributed by atoms with Crippen LogP contribution in [0.5, 0.6) is 0 Å². The van der Waals surface area contributed by atoms with E-state index in [4.69, 9.17) is 38.1 Å². The molecule has 1 atom stereocenters. The van der Waals surface area contributed by atoms with Gasteiger partial charge in [0.25, 0.3) is 4.46 Å². The van der Waals surface area contributed by atoms with E-state index < -0.39 is 35.5 Å². The van der Waals surface area contributed by atoms with E-state index in [9.17, 15) is 14.6 Å². The molecule has 0 saturated carbocycles. The maximum absolute atomic E-state index is 12.0. The van der Waals surface area contributed by atoms with Crippen molar-refractivity contribution in [2.75, 3.05) is 12.8 Å². The van der Waals surface area contributed by atoms with Gasteiger partial charge in [0.2, 0.25) is 0 Å². The van der Waals surface area contributed by atoms with Crippen molar-refractivity contribution < 1.29 is 28.9 Å². The number of halogens is 2. The first-order chi connectivity index (χ1) is 6.93. The van der Waals surface area contributed by atoms with E-state index in [1.807, 2.05) is 0 Å². The largest absolute Gasteiger partial charge is 0.630 e. The molecule has 0 rings (SSSR count). The highest BCUT2D eigenvalue weighted by atomic mass is 35.5. The second-order valence-corrected chi connectivity index (χ2v) is 6.32. The first-order valence-corrected chi connectivity index (χ1v) is 6.71. The van der Waals surface area contributed by atoms with Gasteiger partial charge in [0.1, 0.15) is 0 Å². The first-order valence-electron chi connectivity index (χ1n) is 4.16. The highest BCUT2D eigenvalue weighted by Crippen LogP contribution is 2.45. The van der Waals surface area contributed by atoms with Crippen LogP contribution in [0.1, 0.15) is 13.3 Å². The zero-order valence-electron chi connectivity index (χ0n) is 8.34. The van der Waals surface area contributed by atoms with Crippen molar-refractivity contribution in [3.05, 3.63) is 5.21 Å². The predicted octanol–water partition coefficient (Wildman–Crippen LogP) is 1.06. The fraction of sp³-hybridized carbons (Fsp3) is 0.833. The van der Waals surface area contributed by atoms with Gasteiger partial charge in [-0.25, -0.2) is 4.79 Å². The van der Waals surface area contributed by atoms with Crippen LogP contribution in [0.4, 0.5) is 0 Å². The van der Waals surface area contributed by atoms with Gasteiger partial charge in [0.15, 0.2) is 12.8 Å². The number of carboxylic acid groups (broad SMARTS) is 1. The van der Waals surface area contributed by atoms with Crippen LogP contribution in [-0.2, 0) is 9.36 Å². The first kappa shape index (κ1) is 16.1. The average molecular weight is 296 g/mol. The van der Waals surface area contributed by atoms with Crippen molar-refractivity contribution in [1.29, 1.82) is 0 Å². The third kappa shape index (κ3) is 4.55. The molecule has 0 aliphatic carbocycles. The Morgan fingerprint density at radius 2 is 1.94 bits per heavy atom. The van der Waals surface area contributed by atoms with Crippen molar-refractivity contribution in [2.24, 2.45) is 0 Å². The minimum Gasteiger partial charge on any atom is -0.630 e. The molecule has 16 heavy (non-hydrogen) atoms. The van der Waals surface area contributed by atoms with Crippen LogP contribution in [0.25, 0.3) is 0 Å². The van der Waals surface area contributed by atoms with Crippen LogP contribution < -0.4 is 0 Å². The summed E-state index contributed by atoms with van der Waals surface area (Å²) in [5.74, 6) is -1.54. The maximum atomic E-state index is 12.0. The molecule has 0 aromatic rings. The molecule has 0 aliphatic heterocycles. The number of carboxylic acids is 1. The molecule has 0 amide bonds. The number of hydroxylamine groups is 3. The molecule has 0 aromatic carbocycles. The van der Waals surface area contributed by atoms with Crippen LogP contribution >= 0.6 is 30.8 Å². The molecule has 0 bridgehead atoms. The zero-order valence-corrected chi connectivity index (χ0v) is 10.7. The Bertz CT molecular complexity index is 318. The molecule has 0 aromatic heterocycles. The van der Waals surface area contributed by atoms with Gasteiger partial charge in [-0.2, -0.15) is 0 Å². The molecule has 96 valence electrons. The second kappa shape index (κ2) is 5.18. The van der Waals surface area contributed by atoms with E-state index in [1.165, 1.54) is 6.92 Å². The van der Waals surface area contributed by atoms with Crippen molar-refractivity contribution in [2.45, 2.75) is 17.8 Å². The van der Waals surface area contributed by atoms with Gasteiger partial charge in [-0.15, -0.1) is 0 Å². The quantitative estimate of drug-likeness (QED) is 0.222. The molecule has 0 aliphatic rings. The smallest absolute Gasteiger partial charge is 0.379 e. The summed E-state index contributed by atoms with van der Waals surface area (Å²) in [6.07, 6.45) is -1.42. The number of aliphatic carboxylic acids is 1. The molecular weight excluding hydrogens is 284 g/mol. The summed E-state index contributed by atoms with van der Waals surface area (Å²) in [7, 11) is -4.73. The SMILES string of the molecule is CCC(Cl)(Cl)[N+]([O-])(CC(=O)O)CP(=O)(O)O. The minimum atomic E-state index is -4.73. The molecule has 0 heterocycles. The van der Waals surface area contributed by atoms with Gasteiger partial charge < -0.3 is 24.7 Å². The van der Waals surface area contributed by atoms with Gasteiger partial charge in [0, 0.05) is 6.42 Å². The third-order valence-corrected chi connectivity index (χ3v) is 3.80. The van der Waals surface area contributed by atoms with Crippen LogP contribution in [0, 0.1) is 5.21 Å². The van der Waals surface area contributed by atoms with Crippen LogP contribution in [0.3, 0.4) is 0 Å². The molecule has 7 nitrogen and oxygen atoms in total. The Hall–Kier alpha value is 0.120. The molecular formula is C6H12Cl2NO6P. The molecule has 0 spiro atoms. The van der Waals surface area contributed by atoms with Crippen molar-refractivity contribution in [1.82, 2.24) is 0 Å². The van der Waals surface area contributed by atoms with Crippen LogP contribution in [0.2, 0.25) is 0 Å². The van der Waals surface area contributed by atoms with E-state index in [0.29, 0.717) is 0 Å². The van der Waals surface area contributed by atoms with Gasteiger partial charge >= 0.3 is 13.6 Å². The number of rotatable bonds is 6. The highest BCUT2D eigenvalue weighted by molar-refractivity contribution is 7.51. The molecule has 10 heteroatoms. The lowest BCUT2D eigenvalue weighted by Gasteiger charge is -2.48. The summed E-state index contributed by atoms with van der Waals surface area (Å²) in [5, 5.41) is 20.5. The fourth-order valence-electron chi connectivity index (χ4n) is 1.07. The van der Waals surface area contributed by atoms with Gasteiger partial charge in [-0.1, -0.05) is 6.92 Å². The molecule has 0 fully saturated rings. The lowest BCUT2D eigenvalue weighted by atomic mass is 10.4. The second-order valence-electron chi connectivity index (χ2n) is 3.27. The number of alkyl halides is 2. The number of carbonyl (C=O) groups is 1. The number of hydrogen-bond donors (Lipinski definition) is 3. The van der Waals surface area contributed by atoms with E-state index >= 15 is 0 Å². The van der Waals surface area contributed by atoms with E-state index in [1.54, 1.807) is 0 Å². The Labute approximate surface area is 102 Å². The van der Waals surface area contributed by atoms with Gasteiger partial charge in [-0.3, -0.25) is 4.57 Å². The Morgan fingerprint density at radius 3 is 2.19 bits per heavy atom. The lowest BCUT2D eigenvalue weighted by molar-refractivity contribution is -0.886. The highest BCUT2D eigenvalue weighted by Gasteiger charge is 2.46. The topological polar surface area (TPSA) is 118 Å². The van der Waals surface area contributed by atoms with E-state index in [2.05, 4.69) is 0 Å². The molecule has 0 saturated heterocycles. The summed E-state index contributed by atoms with van der Waals surface area (Å²) in [6, 6.07) is 0. The van der Waals surface area contributed by atoms with E-state index in [0.717, 1.165) is 0 Å². The van der Waals surface area contributed by atoms with Crippen LogP contribution in [0.15, 0.2) is 0 Å². The zero-order chi connectivity index (χ0) is 13.2. The standard InChI is InChI=1S/C6H12Cl2NO6P/c1-2-6(7,8)9(12,3-5(10)11)4-16(13,14)15/h2-4H2,1H3,(H,10,11)(H2,13,14,15). The fourth-order valence-corrected chi connectivity index (χ4v) is 2.42. The molecule has 0 radical (unpaired) electrons. The molecule has 3 N–H and O–H groups in total. The minimum absolute atomic E-state index is 0.146. The average Bonchev–Trinajstić information content (AvgIpc) is 1.98. The number of hydrogen-bond acceptors (Lipinski definition) is 3. The third-order valence-electron chi connectivity index (χ3n) is 1.82. The monoisotopic (exact) mass is 295 g/mol. The summed E-state index contributed by atoms with van der Waals surface area (Å²) < 4.78 is 6.75. The predicted molar refractivity (Wildman–Crippen MR) is 57.8 cm³/mol. The van der Waals surface area contributed by atoms with Crippen molar-refractivity contribution in [3.8, 4) is 0 Å². The van der Waals surface area contributed by atoms with E-state index in [-0.39, 0.29) is 6.42 Å². The summed E-state index contributed by atoms with van der Waals surface area (Å²) in [6.45, 7) is 0.290. The van der Waals surface area contributed by atoms with Crippen LogP contribution in [-0.4, -0.2) is 42.8 Å². The summed E-state index contributed by atoms with van der Waals surface area (Å²) in [5.41, 5.74) is 0. The number of quaternary nitrogens is 1. The Balaban J connectivity index is 5.19.